The van der Waals surface area contributed by atoms with Crippen molar-refractivity contribution in [3.05, 3.63) is 0 Å². The molecule has 0 aromatic carbocycles. The van der Waals surface area contributed by atoms with Gasteiger partial charge >= 0.3 is 5.97 Å². The van der Waals surface area contributed by atoms with Gasteiger partial charge < -0.3 is 14.9 Å². The van der Waals surface area contributed by atoms with Crippen LogP contribution in [-0.2, 0) is 9.59 Å². The van der Waals surface area contributed by atoms with Gasteiger partial charge in [0.1, 0.15) is 6.54 Å². The van der Waals surface area contributed by atoms with Gasteiger partial charge in [0.05, 0.1) is 5.92 Å². The van der Waals surface area contributed by atoms with Crippen molar-refractivity contribution < 1.29 is 14.7 Å². The van der Waals surface area contributed by atoms with Crippen molar-refractivity contribution in [3.8, 4) is 0 Å². The van der Waals surface area contributed by atoms with Crippen LogP contribution in [0.1, 0.15) is 40.5 Å². The van der Waals surface area contributed by atoms with E-state index < -0.39 is 5.97 Å². The third-order valence-corrected chi connectivity index (χ3v) is 3.96. The second-order valence-electron chi connectivity index (χ2n) is 6.26. The third kappa shape index (κ3) is 4.78. The van der Waals surface area contributed by atoms with E-state index in [-0.39, 0.29) is 24.4 Å². The molecule has 1 aliphatic heterocycles. The van der Waals surface area contributed by atoms with Crippen molar-refractivity contribution in [2.24, 2.45) is 11.8 Å². The predicted octanol–water partition coefficient (Wildman–Crippen LogP) is 1.68. The Morgan fingerprint density at radius 2 is 2.00 bits per heavy atom. The molecule has 1 fully saturated rings. The highest BCUT2D eigenvalue weighted by Crippen LogP contribution is 2.21. The number of hydrogen-bond donors (Lipinski definition) is 1. The Labute approximate surface area is 121 Å². The molecule has 116 valence electrons. The van der Waals surface area contributed by atoms with Crippen LogP contribution in [0.4, 0.5) is 0 Å². The van der Waals surface area contributed by atoms with Crippen LogP contribution < -0.4 is 0 Å². The minimum atomic E-state index is -0.935. The molecule has 0 saturated carbocycles. The predicted molar refractivity (Wildman–Crippen MR) is 78.5 cm³/mol. The molecule has 5 heteroatoms. The van der Waals surface area contributed by atoms with Crippen LogP contribution in [0.5, 0.6) is 0 Å². The SMILES string of the molecule is CC[C@@H](C)N(CC(=O)O)C(=O)[C@H]1CCN(CC(C)C)C1. The van der Waals surface area contributed by atoms with E-state index in [9.17, 15) is 9.59 Å². The Kier molecular flexibility index (Phi) is 6.46. The summed E-state index contributed by atoms with van der Waals surface area (Å²) >= 11 is 0. The fourth-order valence-electron chi connectivity index (χ4n) is 2.77. The number of aliphatic carboxylic acids is 1. The lowest BCUT2D eigenvalue weighted by Crippen LogP contribution is -2.45. The third-order valence-electron chi connectivity index (χ3n) is 3.96. The molecule has 20 heavy (non-hydrogen) atoms. The van der Waals surface area contributed by atoms with E-state index >= 15 is 0 Å². The average molecular weight is 284 g/mol. The maximum atomic E-state index is 12.5. The number of hydrogen-bond acceptors (Lipinski definition) is 3. The lowest BCUT2D eigenvalue weighted by molar-refractivity contribution is -0.148. The largest absolute Gasteiger partial charge is 0.480 e. The van der Waals surface area contributed by atoms with Gasteiger partial charge in [0.15, 0.2) is 0 Å². The topological polar surface area (TPSA) is 60.9 Å². The zero-order chi connectivity index (χ0) is 15.3. The maximum Gasteiger partial charge on any atom is 0.323 e. The van der Waals surface area contributed by atoms with Crippen LogP contribution in [0.3, 0.4) is 0 Å². The molecule has 0 aromatic heterocycles. The number of carboxylic acids is 1. The molecule has 0 aromatic rings. The lowest BCUT2D eigenvalue weighted by atomic mass is 10.1. The van der Waals surface area contributed by atoms with Gasteiger partial charge in [-0.05, 0) is 32.2 Å². The first kappa shape index (κ1) is 17.0. The number of amides is 1. The van der Waals surface area contributed by atoms with Gasteiger partial charge in [0.25, 0.3) is 0 Å². The molecule has 5 nitrogen and oxygen atoms in total. The van der Waals surface area contributed by atoms with E-state index in [0.717, 1.165) is 32.5 Å². The van der Waals surface area contributed by atoms with E-state index in [1.165, 1.54) is 4.90 Å². The van der Waals surface area contributed by atoms with Crippen LogP contribution >= 0.6 is 0 Å². The van der Waals surface area contributed by atoms with E-state index in [1.807, 2.05) is 13.8 Å². The minimum absolute atomic E-state index is 0.00741. The van der Waals surface area contributed by atoms with E-state index in [4.69, 9.17) is 5.11 Å². The summed E-state index contributed by atoms with van der Waals surface area (Å²) in [5, 5.41) is 8.99. The van der Waals surface area contributed by atoms with Crippen molar-refractivity contribution in [2.45, 2.75) is 46.6 Å². The van der Waals surface area contributed by atoms with Crippen LogP contribution in [0.15, 0.2) is 0 Å². The number of likely N-dealkylation sites (tertiary alicyclic amines) is 1. The van der Waals surface area contributed by atoms with E-state index in [0.29, 0.717) is 5.92 Å². The molecule has 1 saturated heterocycles. The van der Waals surface area contributed by atoms with Crippen LogP contribution in [-0.4, -0.2) is 59.0 Å². The molecule has 0 bridgehead atoms. The van der Waals surface area contributed by atoms with E-state index in [1.54, 1.807) is 0 Å². The van der Waals surface area contributed by atoms with Crippen molar-refractivity contribution in [1.82, 2.24) is 9.80 Å². The molecule has 1 amide bonds. The summed E-state index contributed by atoms with van der Waals surface area (Å²) in [7, 11) is 0. The summed E-state index contributed by atoms with van der Waals surface area (Å²) in [6, 6.07) is -0.0160. The number of carbonyl (C=O) groups is 2. The molecule has 0 spiro atoms. The normalized spacial score (nSPS) is 21.1. The highest BCUT2D eigenvalue weighted by atomic mass is 16.4. The zero-order valence-electron chi connectivity index (χ0n) is 13.1. The zero-order valence-corrected chi connectivity index (χ0v) is 13.1. The van der Waals surface area contributed by atoms with Crippen molar-refractivity contribution >= 4 is 11.9 Å². The molecule has 0 unspecified atom stereocenters. The smallest absolute Gasteiger partial charge is 0.323 e. The fourth-order valence-corrected chi connectivity index (χ4v) is 2.77. The van der Waals surface area contributed by atoms with Crippen LogP contribution in [0, 0.1) is 11.8 Å². The summed E-state index contributed by atoms with van der Waals surface area (Å²) in [6.07, 6.45) is 1.62. The second-order valence-corrected chi connectivity index (χ2v) is 6.26. The van der Waals surface area contributed by atoms with Gasteiger partial charge in [-0.25, -0.2) is 0 Å². The highest BCUT2D eigenvalue weighted by molar-refractivity contribution is 5.83. The van der Waals surface area contributed by atoms with Gasteiger partial charge in [-0.2, -0.15) is 0 Å². The first-order chi connectivity index (χ1) is 9.35. The van der Waals surface area contributed by atoms with Crippen molar-refractivity contribution in [1.29, 1.82) is 0 Å². The maximum absolute atomic E-state index is 12.5. The van der Waals surface area contributed by atoms with Gasteiger partial charge in [-0.3, -0.25) is 9.59 Å². The van der Waals surface area contributed by atoms with Crippen LogP contribution in [0.25, 0.3) is 0 Å². The molecular formula is C15H28N2O3. The van der Waals surface area contributed by atoms with Gasteiger partial charge in [0, 0.05) is 19.1 Å². The summed E-state index contributed by atoms with van der Waals surface area (Å²) in [6.45, 7) is 10.8. The lowest BCUT2D eigenvalue weighted by Gasteiger charge is -2.29. The summed E-state index contributed by atoms with van der Waals surface area (Å²) in [5.74, 6) is -0.376. The summed E-state index contributed by atoms with van der Waals surface area (Å²) in [4.78, 5) is 27.3. The fraction of sp³-hybridized carbons (Fsp3) is 0.867. The first-order valence-electron chi connectivity index (χ1n) is 7.59. The Morgan fingerprint density at radius 3 is 2.50 bits per heavy atom. The monoisotopic (exact) mass is 284 g/mol. The highest BCUT2D eigenvalue weighted by Gasteiger charge is 2.33. The van der Waals surface area contributed by atoms with Crippen LogP contribution in [0.2, 0.25) is 0 Å². The Hall–Kier alpha value is -1.10. The molecule has 2 atom stereocenters. The molecule has 1 aliphatic rings. The second kappa shape index (κ2) is 7.62. The number of carboxylic acid groups (broad SMARTS) is 1. The van der Waals surface area contributed by atoms with E-state index in [2.05, 4.69) is 18.7 Å². The molecular weight excluding hydrogens is 256 g/mol. The number of carbonyl (C=O) groups excluding carboxylic acids is 1. The van der Waals surface area contributed by atoms with Gasteiger partial charge in [-0.1, -0.05) is 20.8 Å². The molecule has 1 heterocycles. The molecule has 1 N–H and O–H groups in total. The van der Waals surface area contributed by atoms with Crippen molar-refractivity contribution in [3.63, 3.8) is 0 Å². The molecule has 0 radical (unpaired) electrons. The average Bonchev–Trinajstić information content (AvgIpc) is 2.81. The summed E-state index contributed by atoms with van der Waals surface area (Å²) in [5.41, 5.74) is 0. The number of rotatable bonds is 7. The Bertz CT molecular complexity index is 344. The van der Waals surface area contributed by atoms with Gasteiger partial charge in [0.2, 0.25) is 5.91 Å². The summed E-state index contributed by atoms with van der Waals surface area (Å²) < 4.78 is 0. The number of nitrogens with zero attached hydrogens (tertiary/aromatic N) is 2. The Balaban J connectivity index is 2.64. The molecule has 1 rings (SSSR count). The molecule has 0 aliphatic carbocycles. The first-order valence-corrected chi connectivity index (χ1v) is 7.59. The Morgan fingerprint density at radius 1 is 1.35 bits per heavy atom. The standard InChI is InChI=1S/C15H28N2O3/c1-5-12(4)17(10-14(18)19)15(20)13-6-7-16(9-13)8-11(2)3/h11-13H,5-10H2,1-4H3,(H,18,19)/t12-,13+/m1/s1. The van der Waals surface area contributed by atoms with Gasteiger partial charge in [-0.15, -0.1) is 0 Å². The van der Waals surface area contributed by atoms with Crippen molar-refractivity contribution in [2.75, 3.05) is 26.2 Å². The quantitative estimate of drug-likeness (QED) is 0.772. The minimum Gasteiger partial charge on any atom is -0.480 e.